The number of piperidine rings is 1. The van der Waals surface area contributed by atoms with Crippen LogP contribution in [0.5, 0.6) is 5.75 Å². The molecule has 1 N–H and O–H groups in total. The molecule has 1 aliphatic rings. The predicted octanol–water partition coefficient (Wildman–Crippen LogP) is 3.06. The zero-order valence-electron chi connectivity index (χ0n) is 19.5. The van der Waals surface area contributed by atoms with E-state index in [0.29, 0.717) is 30.1 Å². The number of hydrogen-bond acceptors (Lipinski definition) is 6. The van der Waals surface area contributed by atoms with Crippen molar-refractivity contribution in [2.75, 3.05) is 25.0 Å². The van der Waals surface area contributed by atoms with E-state index in [1.165, 1.54) is 27.2 Å². The maximum absolute atomic E-state index is 13.2. The summed E-state index contributed by atoms with van der Waals surface area (Å²) in [6, 6.07) is 16.6. The Bertz CT molecular complexity index is 1350. The first-order valence-electron chi connectivity index (χ1n) is 11.5. The number of carbonyl (C=O) groups is 1. The van der Waals surface area contributed by atoms with Crippen LogP contribution in [0.3, 0.4) is 0 Å². The first-order valence-corrected chi connectivity index (χ1v) is 13.0. The molecule has 0 saturated carbocycles. The zero-order chi connectivity index (χ0) is 24.8. The number of rotatable bonds is 8. The van der Waals surface area contributed by atoms with Gasteiger partial charge in [0.2, 0.25) is 10.0 Å². The Morgan fingerprint density at radius 1 is 1.03 bits per heavy atom. The molecule has 2 heterocycles. The lowest BCUT2D eigenvalue weighted by Gasteiger charge is -2.26. The molecule has 0 bridgehead atoms. The van der Waals surface area contributed by atoms with E-state index in [2.05, 4.69) is 10.4 Å². The van der Waals surface area contributed by atoms with E-state index in [4.69, 9.17) is 4.74 Å². The van der Waals surface area contributed by atoms with Crippen molar-refractivity contribution in [3.05, 3.63) is 82.3 Å². The van der Waals surface area contributed by atoms with Crippen molar-refractivity contribution in [1.29, 1.82) is 0 Å². The van der Waals surface area contributed by atoms with E-state index in [1.807, 2.05) is 18.2 Å². The number of carbonyl (C=O) groups excluding carboxylic acids is 1. The number of ether oxygens (including phenoxy) is 1. The summed E-state index contributed by atoms with van der Waals surface area (Å²) < 4.78 is 34.6. The Labute approximate surface area is 204 Å². The molecule has 9 nitrogen and oxygen atoms in total. The molecule has 1 saturated heterocycles. The van der Waals surface area contributed by atoms with Gasteiger partial charge in [0.05, 0.1) is 11.4 Å². The Kier molecular flexibility index (Phi) is 7.62. The molecule has 1 aliphatic heterocycles. The molecule has 10 heteroatoms. The lowest BCUT2D eigenvalue weighted by Crippen LogP contribution is -2.36. The molecular weight excluding hydrogens is 468 g/mol. The van der Waals surface area contributed by atoms with Crippen LogP contribution in [-0.2, 0) is 16.6 Å². The second-order valence-corrected chi connectivity index (χ2v) is 10.2. The van der Waals surface area contributed by atoms with Gasteiger partial charge < -0.3 is 10.1 Å². The number of amides is 1. The SMILES string of the molecule is Cc1ccc(NC(=O)c2ccc(=O)n(CCOc3ccccc3)n2)cc1S(=O)(=O)N1CCCCC1. The average molecular weight is 497 g/mol. The highest BCUT2D eigenvalue weighted by molar-refractivity contribution is 7.89. The second-order valence-electron chi connectivity index (χ2n) is 8.34. The number of benzene rings is 2. The number of sulfonamides is 1. The summed E-state index contributed by atoms with van der Waals surface area (Å²) in [5.41, 5.74) is 0.621. The largest absolute Gasteiger partial charge is 0.492 e. The lowest BCUT2D eigenvalue weighted by molar-refractivity contribution is 0.101. The van der Waals surface area contributed by atoms with Gasteiger partial charge in [0, 0.05) is 24.8 Å². The number of nitrogens with one attached hydrogen (secondary N) is 1. The maximum Gasteiger partial charge on any atom is 0.276 e. The van der Waals surface area contributed by atoms with E-state index in [1.54, 1.807) is 31.2 Å². The zero-order valence-corrected chi connectivity index (χ0v) is 20.3. The summed E-state index contributed by atoms with van der Waals surface area (Å²) in [4.78, 5) is 25.2. The minimum absolute atomic E-state index is 0.0327. The molecule has 0 atom stereocenters. The van der Waals surface area contributed by atoms with E-state index in [-0.39, 0.29) is 29.3 Å². The highest BCUT2D eigenvalue weighted by atomic mass is 32.2. The van der Waals surface area contributed by atoms with Gasteiger partial charge in [0.1, 0.15) is 18.1 Å². The van der Waals surface area contributed by atoms with Gasteiger partial charge in [0.25, 0.3) is 11.5 Å². The Hall–Kier alpha value is -3.50. The number of para-hydroxylation sites is 1. The highest BCUT2D eigenvalue weighted by Crippen LogP contribution is 2.26. The van der Waals surface area contributed by atoms with Gasteiger partial charge in [0.15, 0.2) is 0 Å². The van der Waals surface area contributed by atoms with Crippen LogP contribution < -0.4 is 15.6 Å². The third-order valence-corrected chi connectivity index (χ3v) is 7.83. The van der Waals surface area contributed by atoms with E-state index < -0.39 is 15.9 Å². The minimum Gasteiger partial charge on any atom is -0.492 e. The maximum atomic E-state index is 13.2. The van der Waals surface area contributed by atoms with E-state index in [9.17, 15) is 18.0 Å². The first kappa shape index (κ1) is 24.6. The Morgan fingerprint density at radius 3 is 2.51 bits per heavy atom. The molecule has 3 aromatic rings. The van der Waals surface area contributed by atoms with Gasteiger partial charge in [-0.3, -0.25) is 9.59 Å². The second kappa shape index (κ2) is 10.8. The van der Waals surface area contributed by atoms with Crippen LogP contribution >= 0.6 is 0 Å². The predicted molar refractivity (Wildman–Crippen MR) is 132 cm³/mol. The Balaban J connectivity index is 1.47. The van der Waals surface area contributed by atoms with Gasteiger partial charge in [-0.25, -0.2) is 13.1 Å². The normalized spacial score (nSPS) is 14.4. The fourth-order valence-corrected chi connectivity index (χ4v) is 5.66. The van der Waals surface area contributed by atoms with Crippen molar-refractivity contribution in [3.8, 4) is 5.75 Å². The van der Waals surface area contributed by atoms with Gasteiger partial charge >= 0.3 is 0 Å². The van der Waals surface area contributed by atoms with E-state index in [0.717, 1.165) is 19.3 Å². The lowest BCUT2D eigenvalue weighted by atomic mass is 10.2. The summed E-state index contributed by atoms with van der Waals surface area (Å²) >= 11 is 0. The molecule has 1 aromatic heterocycles. The number of anilines is 1. The van der Waals surface area contributed by atoms with Crippen LogP contribution in [0.15, 0.2) is 70.4 Å². The minimum atomic E-state index is -3.65. The quantitative estimate of drug-likeness (QED) is 0.513. The summed E-state index contributed by atoms with van der Waals surface area (Å²) in [6.45, 7) is 3.10. The van der Waals surface area contributed by atoms with Crippen LogP contribution in [0, 0.1) is 6.92 Å². The van der Waals surface area contributed by atoms with Gasteiger partial charge in [-0.15, -0.1) is 0 Å². The molecular formula is C25H28N4O5S. The van der Waals surface area contributed by atoms with Gasteiger partial charge in [-0.05, 0) is 55.7 Å². The van der Waals surface area contributed by atoms with Crippen LogP contribution in [-0.4, -0.2) is 48.1 Å². The molecule has 1 fully saturated rings. The van der Waals surface area contributed by atoms with Crippen LogP contribution in [0.2, 0.25) is 0 Å². The van der Waals surface area contributed by atoms with Crippen molar-refractivity contribution >= 4 is 21.6 Å². The molecule has 2 aromatic carbocycles. The standard InChI is InChI=1S/C25H28N4O5S/c1-19-10-11-20(18-23(19)35(32,33)28-14-6-3-7-15-28)26-25(31)22-12-13-24(30)29(27-22)16-17-34-21-8-4-2-5-9-21/h2,4-5,8-13,18H,3,6-7,14-17H2,1H3,(H,26,31). The number of aromatic nitrogens is 2. The fraction of sp³-hybridized carbons (Fsp3) is 0.320. The molecule has 0 aliphatic carbocycles. The molecule has 0 radical (unpaired) electrons. The first-order chi connectivity index (χ1) is 16.8. The molecule has 35 heavy (non-hydrogen) atoms. The van der Waals surface area contributed by atoms with Crippen LogP contribution in [0.25, 0.3) is 0 Å². The number of aryl methyl sites for hydroxylation is 1. The number of hydrogen-bond donors (Lipinski definition) is 1. The molecule has 4 rings (SSSR count). The smallest absolute Gasteiger partial charge is 0.276 e. The van der Waals surface area contributed by atoms with Crippen molar-refractivity contribution in [2.24, 2.45) is 0 Å². The summed E-state index contributed by atoms with van der Waals surface area (Å²) in [5, 5.41) is 6.85. The van der Waals surface area contributed by atoms with Crippen molar-refractivity contribution in [2.45, 2.75) is 37.6 Å². The molecule has 0 unspecified atom stereocenters. The average Bonchev–Trinajstić information content (AvgIpc) is 2.87. The topological polar surface area (TPSA) is 111 Å². The summed E-state index contributed by atoms with van der Waals surface area (Å²) in [6.07, 6.45) is 2.70. The monoisotopic (exact) mass is 496 g/mol. The summed E-state index contributed by atoms with van der Waals surface area (Å²) in [5.74, 6) is 0.122. The van der Waals surface area contributed by atoms with E-state index >= 15 is 0 Å². The number of nitrogens with zero attached hydrogens (tertiary/aromatic N) is 3. The third-order valence-electron chi connectivity index (χ3n) is 5.79. The highest BCUT2D eigenvalue weighted by Gasteiger charge is 2.27. The van der Waals surface area contributed by atoms with Gasteiger partial charge in [-0.2, -0.15) is 9.40 Å². The third kappa shape index (κ3) is 5.95. The molecule has 184 valence electrons. The fourth-order valence-electron chi connectivity index (χ4n) is 3.89. The van der Waals surface area contributed by atoms with Gasteiger partial charge in [-0.1, -0.05) is 30.7 Å². The van der Waals surface area contributed by atoms with Crippen molar-refractivity contribution < 1.29 is 17.9 Å². The summed E-state index contributed by atoms with van der Waals surface area (Å²) in [7, 11) is -3.65. The van der Waals surface area contributed by atoms with Crippen molar-refractivity contribution in [3.63, 3.8) is 0 Å². The Morgan fingerprint density at radius 2 is 1.77 bits per heavy atom. The van der Waals surface area contributed by atoms with Crippen molar-refractivity contribution in [1.82, 2.24) is 14.1 Å². The van der Waals surface area contributed by atoms with Crippen LogP contribution in [0.1, 0.15) is 35.3 Å². The molecule has 0 spiro atoms. The van der Waals surface area contributed by atoms with Crippen LogP contribution in [0.4, 0.5) is 5.69 Å². The molecule has 1 amide bonds.